The molecule has 1 aliphatic heterocycles. The number of fused-ring (bicyclic) bond motifs is 1. The van der Waals surface area contributed by atoms with Gasteiger partial charge < -0.3 is 0 Å². The average Bonchev–Trinajstić information content (AvgIpc) is 2.04. The van der Waals surface area contributed by atoms with E-state index < -0.39 is 0 Å². The van der Waals surface area contributed by atoms with Gasteiger partial charge in [-0.1, -0.05) is 12.2 Å². The first kappa shape index (κ1) is 7.47. The van der Waals surface area contributed by atoms with Crippen LogP contribution in [-0.2, 0) is 0 Å². The fraction of sp³-hybridized carbons (Fsp3) is 0.400. The van der Waals surface area contributed by atoms with Gasteiger partial charge in [0.05, 0.1) is 17.5 Å². The second-order valence-electron chi connectivity index (χ2n) is 3.25. The van der Waals surface area contributed by atoms with Gasteiger partial charge in [0.2, 0.25) is 0 Å². The molecule has 0 radical (unpaired) electrons. The van der Waals surface area contributed by atoms with Gasteiger partial charge in [-0.2, -0.15) is 0 Å². The van der Waals surface area contributed by atoms with Crippen LogP contribution in [0.5, 0.6) is 0 Å². The molecule has 0 aromatic heterocycles. The number of aliphatic imine (C=N–C) groups is 2. The molecule has 0 saturated heterocycles. The van der Waals surface area contributed by atoms with Crippen LogP contribution in [0.3, 0.4) is 0 Å². The molecule has 1 aliphatic carbocycles. The van der Waals surface area contributed by atoms with Crippen molar-refractivity contribution in [3.63, 3.8) is 0 Å². The first-order valence-corrected chi connectivity index (χ1v) is 4.23. The summed E-state index contributed by atoms with van der Waals surface area (Å²) in [6, 6.07) is 0.292. The van der Waals surface area contributed by atoms with E-state index in [1.165, 1.54) is 5.57 Å². The van der Waals surface area contributed by atoms with Gasteiger partial charge in [0.25, 0.3) is 0 Å². The molecule has 0 amide bonds. The minimum Gasteiger partial charge on any atom is -0.278 e. The lowest BCUT2D eigenvalue weighted by atomic mass is 9.99. The van der Waals surface area contributed by atoms with Gasteiger partial charge in [0.1, 0.15) is 0 Å². The van der Waals surface area contributed by atoms with Crippen LogP contribution in [0, 0.1) is 0 Å². The molecule has 2 aliphatic rings. The number of hydrogen-bond donors (Lipinski definition) is 0. The quantitative estimate of drug-likeness (QED) is 0.518. The van der Waals surface area contributed by atoms with Crippen LogP contribution in [-0.4, -0.2) is 18.0 Å². The first-order chi connectivity index (χ1) is 5.77. The van der Waals surface area contributed by atoms with E-state index in [4.69, 9.17) is 0 Å². The number of hydrogen-bond acceptors (Lipinski definition) is 2. The largest absolute Gasteiger partial charge is 0.278 e. The maximum absolute atomic E-state index is 4.51. The first-order valence-electron chi connectivity index (χ1n) is 4.23. The topological polar surface area (TPSA) is 24.7 Å². The lowest BCUT2D eigenvalue weighted by molar-refractivity contribution is 0.752. The molecule has 1 unspecified atom stereocenters. The summed E-state index contributed by atoms with van der Waals surface area (Å²) in [6.45, 7) is 4.08. The van der Waals surface area contributed by atoms with Crippen molar-refractivity contribution in [1.29, 1.82) is 0 Å². The van der Waals surface area contributed by atoms with Gasteiger partial charge in [-0.25, -0.2) is 0 Å². The summed E-state index contributed by atoms with van der Waals surface area (Å²) in [5.41, 5.74) is 3.42. The molecule has 0 saturated carbocycles. The zero-order chi connectivity index (χ0) is 8.55. The zero-order valence-electron chi connectivity index (χ0n) is 7.41. The molecule has 0 bridgehead atoms. The molecular weight excluding hydrogens is 148 g/mol. The lowest BCUT2D eigenvalue weighted by Gasteiger charge is -2.20. The Morgan fingerprint density at radius 1 is 1.42 bits per heavy atom. The van der Waals surface area contributed by atoms with Crippen LogP contribution < -0.4 is 0 Å². The van der Waals surface area contributed by atoms with Crippen LogP contribution in [0.1, 0.15) is 20.3 Å². The Morgan fingerprint density at radius 3 is 3.08 bits per heavy atom. The maximum Gasteiger partial charge on any atom is 0.0960 e. The molecule has 0 N–H and O–H groups in total. The van der Waals surface area contributed by atoms with E-state index in [1.54, 1.807) is 0 Å². The van der Waals surface area contributed by atoms with E-state index in [2.05, 4.69) is 29.1 Å². The molecule has 2 heteroatoms. The molecule has 2 nitrogen and oxygen atoms in total. The third-order valence-electron chi connectivity index (χ3n) is 2.20. The highest BCUT2D eigenvalue weighted by Crippen LogP contribution is 2.24. The van der Waals surface area contributed by atoms with Gasteiger partial charge in [0, 0.05) is 6.21 Å². The van der Waals surface area contributed by atoms with Crippen LogP contribution in [0.4, 0.5) is 0 Å². The highest BCUT2D eigenvalue weighted by molar-refractivity contribution is 6.30. The molecule has 0 aromatic carbocycles. The predicted molar refractivity (Wildman–Crippen MR) is 51.8 cm³/mol. The molecule has 0 aromatic rings. The third kappa shape index (κ3) is 1.13. The Hall–Kier alpha value is -1.18. The highest BCUT2D eigenvalue weighted by Gasteiger charge is 2.18. The lowest BCUT2D eigenvalue weighted by Crippen LogP contribution is -2.17. The van der Waals surface area contributed by atoms with E-state index in [0.29, 0.717) is 6.04 Å². The van der Waals surface area contributed by atoms with Crippen molar-refractivity contribution in [2.45, 2.75) is 26.3 Å². The van der Waals surface area contributed by atoms with E-state index in [-0.39, 0.29) is 0 Å². The van der Waals surface area contributed by atoms with Crippen LogP contribution in [0.2, 0.25) is 0 Å². The Labute approximate surface area is 72.4 Å². The summed E-state index contributed by atoms with van der Waals surface area (Å²) >= 11 is 0. The summed E-state index contributed by atoms with van der Waals surface area (Å²) in [5, 5.41) is 0. The van der Waals surface area contributed by atoms with E-state index in [9.17, 15) is 0 Å². The second kappa shape index (κ2) is 2.70. The zero-order valence-corrected chi connectivity index (χ0v) is 7.41. The third-order valence-corrected chi connectivity index (χ3v) is 2.20. The van der Waals surface area contributed by atoms with Crippen molar-refractivity contribution in [3.8, 4) is 0 Å². The molecule has 0 fully saturated rings. The molecule has 1 atom stereocenters. The molecule has 2 rings (SSSR count). The van der Waals surface area contributed by atoms with Crippen LogP contribution >= 0.6 is 0 Å². The summed E-state index contributed by atoms with van der Waals surface area (Å²) in [5.74, 6) is 0. The van der Waals surface area contributed by atoms with Crippen LogP contribution in [0.25, 0.3) is 0 Å². The number of rotatable bonds is 0. The Balaban J connectivity index is 2.41. The molecule has 0 spiro atoms. The minimum absolute atomic E-state index is 0.292. The molecule has 62 valence electrons. The van der Waals surface area contributed by atoms with Crippen molar-refractivity contribution in [2.75, 3.05) is 0 Å². The average molecular weight is 160 g/mol. The predicted octanol–water partition coefficient (Wildman–Crippen LogP) is 2.13. The molecular formula is C10H12N2. The van der Waals surface area contributed by atoms with Crippen molar-refractivity contribution in [1.82, 2.24) is 0 Å². The van der Waals surface area contributed by atoms with Gasteiger partial charge in [-0.3, -0.25) is 9.98 Å². The Morgan fingerprint density at radius 2 is 2.25 bits per heavy atom. The maximum atomic E-state index is 4.51. The number of nitrogens with zero attached hydrogens (tertiary/aromatic N) is 2. The normalized spacial score (nSPS) is 27.2. The Kier molecular flexibility index (Phi) is 1.68. The smallest absolute Gasteiger partial charge is 0.0960 e. The van der Waals surface area contributed by atoms with Crippen molar-refractivity contribution in [2.24, 2.45) is 9.98 Å². The van der Waals surface area contributed by atoms with Crippen molar-refractivity contribution >= 4 is 11.9 Å². The van der Waals surface area contributed by atoms with Gasteiger partial charge in [-0.15, -0.1) is 0 Å². The minimum atomic E-state index is 0.292. The monoisotopic (exact) mass is 160 g/mol. The fourth-order valence-electron chi connectivity index (χ4n) is 1.58. The second-order valence-corrected chi connectivity index (χ2v) is 3.25. The molecule has 12 heavy (non-hydrogen) atoms. The van der Waals surface area contributed by atoms with Gasteiger partial charge in [-0.05, 0) is 25.8 Å². The van der Waals surface area contributed by atoms with E-state index in [1.807, 2.05) is 13.1 Å². The number of allylic oxidation sites excluding steroid dienone is 2. The van der Waals surface area contributed by atoms with Crippen molar-refractivity contribution in [3.05, 3.63) is 23.4 Å². The van der Waals surface area contributed by atoms with E-state index in [0.717, 1.165) is 17.8 Å². The Bertz CT molecular complexity index is 319. The van der Waals surface area contributed by atoms with Gasteiger partial charge >= 0.3 is 0 Å². The standard InChI is InChI=1S/C10H12N2/c1-7-4-3-5-9-10(7)11-6-8(2)12-9/h3-4,6,9H,5H2,1-2H3. The highest BCUT2D eigenvalue weighted by atomic mass is 14.9. The fourth-order valence-corrected chi connectivity index (χ4v) is 1.58. The summed E-state index contributed by atoms with van der Waals surface area (Å²) in [7, 11) is 0. The summed E-state index contributed by atoms with van der Waals surface area (Å²) < 4.78 is 0. The van der Waals surface area contributed by atoms with E-state index >= 15 is 0 Å². The van der Waals surface area contributed by atoms with Gasteiger partial charge in [0.15, 0.2) is 0 Å². The summed E-state index contributed by atoms with van der Waals surface area (Å²) in [6.07, 6.45) is 7.14. The molecule has 1 heterocycles. The van der Waals surface area contributed by atoms with Crippen molar-refractivity contribution < 1.29 is 0 Å². The SMILES string of the molecule is CC1=NC2CC=CC(C)=C2N=C1. The van der Waals surface area contributed by atoms with Crippen LogP contribution in [0.15, 0.2) is 33.4 Å². The summed E-state index contributed by atoms with van der Waals surface area (Å²) in [4.78, 5) is 8.90.